The molecular formula is C13H18O3. The first kappa shape index (κ1) is 12.7. The van der Waals surface area contributed by atoms with Crippen molar-refractivity contribution in [2.24, 2.45) is 0 Å². The summed E-state index contributed by atoms with van der Waals surface area (Å²) in [6.07, 6.45) is 2.14. The SMILES string of the molecule is CCCC(CC(=O)Oc1ccccc1)OC. The molecule has 0 aromatic heterocycles. The van der Waals surface area contributed by atoms with Crippen LogP contribution in [0.3, 0.4) is 0 Å². The molecule has 1 aromatic rings. The molecule has 0 saturated heterocycles. The Labute approximate surface area is 96.4 Å². The van der Waals surface area contributed by atoms with E-state index in [4.69, 9.17) is 9.47 Å². The highest BCUT2D eigenvalue weighted by molar-refractivity contribution is 5.72. The lowest BCUT2D eigenvalue weighted by atomic mass is 10.1. The topological polar surface area (TPSA) is 35.5 Å². The normalized spacial score (nSPS) is 12.1. The van der Waals surface area contributed by atoms with Gasteiger partial charge in [-0.25, -0.2) is 0 Å². The lowest BCUT2D eigenvalue weighted by Crippen LogP contribution is -2.19. The van der Waals surface area contributed by atoms with Gasteiger partial charge in [-0.2, -0.15) is 0 Å². The van der Waals surface area contributed by atoms with E-state index in [-0.39, 0.29) is 12.1 Å². The molecule has 88 valence electrons. The third-order valence-electron chi connectivity index (χ3n) is 2.31. The first-order valence-corrected chi connectivity index (χ1v) is 5.54. The minimum Gasteiger partial charge on any atom is -0.426 e. The second-order valence-electron chi connectivity index (χ2n) is 3.64. The zero-order chi connectivity index (χ0) is 11.8. The average molecular weight is 222 g/mol. The highest BCUT2D eigenvalue weighted by Crippen LogP contribution is 2.12. The number of hydrogen-bond acceptors (Lipinski definition) is 3. The Kier molecular flexibility index (Phi) is 5.57. The largest absolute Gasteiger partial charge is 0.426 e. The fraction of sp³-hybridized carbons (Fsp3) is 0.462. The molecule has 0 N–H and O–H groups in total. The van der Waals surface area contributed by atoms with Crippen LogP contribution in [-0.2, 0) is 9.53 Å². The molecule has 1 aromatic carbocycles. The van der Waals surface area contributed by atoms with Crippen molar-refractivity contribution in [3.05, 3.63) is 30.3 Å². The van der Waals surface area contributed by atoms with Crippen molar-refractivity contribution in [1.29, 1.82) is 0 Å². The van der Waals surface area contributed by atoms with Crippen LogP contribution < -0.4 is 4.74 Å². The number of esters is 1. The summed E-state index contributed by atoms with van der Waals surface area (Å²) in [5, 5.41) is 0. The summed E-state index contributed by atoms with van der Waals surface area (Å²) in [7, 11) is 1.62. The number of para-hydroxylation sites is 1. The molecule has 0 heterocycles. The van der Waals surface area contributed by atoms with Gasteiger partial charge in [-0.1, -0.05) is 31.5 Å². The Bertz CT molecular complexity index is 308. The molecule has 1 unspecified atom stereocenters. The lowest BCUT2D eigenvalue weighted by molar-refractivity contribution is -0.137. The molecule has 0 aliphatic carbocycles. The summed E-state index contributed by atoms with van der Waals surface area (Å²) in [6, 6.07) is 9.08. The van der Waals surface area contributed by atoms with E-state index in [0.29, 0.717) is 12.2 Å². The number of carbonyl (C=O) groups excluding carboxylic acids is 1. The number of rotatable bonds is 6. The van der Waals surface area contributed by atoms with E-state index in [0.717, 1.165) is 12.8 Å². The number of benzene rings is 1. The number of carbonyl (C=O) groups is 1. The Hall–Kier alpha value is -1.35. The summed E-state index contributed by atoms with van der Waals surface area (Å²) < 4.78 is 10.4. The summed E-state index contributed by atoms with van der Waals surface area (Å²) in [5.41, 5.74) is 0. The maximum atomic E-state index is 11.6. The van der Waals surface area contributed by atoms with Crippen molar-refractivity contribution in [3.8, 4) is 5.75 Å². The van der Waals surface area contributed by atoms with Crippen molar-refractivity contribution in [3.63, 3.8) is 0 Å². The second-order valence-corrected chi connectivity index (χ2v) is 3.64. The Morgan fingerprint density at radius 2 is 2.00 bits per heavy atom. The molecule has 0 spiro atoms. The molecule has 0 fully saturated rings. The van der Waals surface area contributed by atoms with Crippen molar-refractivity contribution < 1.29 is 14.3 Å². The summed E-state index contributed by atoms with van der Waals surface area (Å²) in [6.45, 7) is 2.06. The van der Waals surface area contributed by atoms with E-state index in [1.54, 1.807) is 19.2 Å². The second kappa shape index (κ2) is 7.01. The average Bonchev–Trinajstić information content (AvgIpc) is 2.29. The zero-order valence-electron chi connectivity index (χ0n) is 9.81. The molecule has 0 amide bonds. The van der Waals surface area contributed by atoms with E-state index in [9.17, 15) is 4.79 Å². The van der Waals surface area contributed by atoms with Crippen molar-refractivity contribution in [1.82, 2.24) is 0 Å². The van der Waals surface area contributed by atoms with Crippen LogP contribution in [0, 0.1) is 0 Å². The number of methoxy groups -OCH3 is 1. The highest BCUT2D eigenvalue weighted by Gasteiger charge is 2.13. The van der Waals surface area contributed by atoms with E-state index >= 15 is 0 Å². The van der Waals surface area contributed by atoms with Gasteiger partial charge in [-0.15, -0.1) is 0 Å². The zero-order valence-corrected chi connectivity index (χ0v) is 9.81. The maximum Gasteiger partial charge on any atom is 0.313 e. The minimum atomic E-state index is -0.244. The standard InChI is InChI=1S/C13H18O3/c1-3-7-12(15-2)10-13(14)16-11-8-5-4-6-9-11/h4-6,8-9,12H,3,7,10H2,1-2H3. The summed E-state index contributed by atoms with van der Waals surface area (Å²) in [4.78, 5) is 11.6. The molecule has 1 atom stereocenters. The number of ether oxygens (including phenoxy) is 2. The fourth-order valence-corrected chi connectivity index (χ4v) is 1.47. The van der Waals surface area contributed by atoms with Crippen molar-refractivity contribution in [2.75, 3.05) is 7.11 Å². The van der Waals surface area contributed by atoms with E-state index < -0.39 is 0 Å². The van der Waals surface area contributed by atoms with Gasteiger partial charge in [0.15, 0.2) is 0 Å². The van der Waals surface area contributed by atoms with Gasteiger partial charge in [0.25, 0.3) is 0 Å². The van der Waals surface area contributed by atoms with Gasteiger partial charge in [-0.05, 0) is 18.6 Å². The smallest absolute Gasteiger partial charge is 0.313 e. The predicted molar refractivity (Wildman–Crippen MR) is 62.4 cm³/mol. The number of hydrogen-bond donors (Lipinski definition) is 0. The van der Waals surface area contributed by atoms with Crippen LogP contribution in [0.5, 0.6) is 5.75 Å². The van der Waals surface area contributed by atoms with Gasteiger partial charge in [0.2, 0.25) is 0 Å². The Balaban J connectivity index is 2.41. The van der Waals surface area contributed by atoms with Crippen molar-refractivity contribution in [2.45, 2.75) is 32.3 Å². The maximum absolute atomic E-state index is 11.6. The molecule has 0 bridgehead atoms. The lowest BCUT2D eigenvalue weighted by Gasteiger charge is -2.13. The van der Waals surface area contributed by atoms with E-state index in [1.807, 2.05) is 18.2 Å². The van der Waals surface area contributed by atoms with Gasteiger partial charge < -0.3 is 9.47 Å². The van der Waals surface area contributed by atoms with Crippen molar-refractivity contribution >= 4 is 5.97 Å². The Morgan fingerprint density at radius 1 is 1.31 bits per heavy atom. The molecule has 3 heteroatoms. The quantitative estimate of drug-likeness (QED) is 0.548. The summed E-state index contributed by atoms with van der Waals surface area (Å²) >= 11 is 0. The molecule has 0 saturated carbocycles. The van der Waals surface area contributed by atoms with Gasteiger partial charge in [-0.3, -0.25) is 4.79 Å². The third-order valence-corrected chi connectivity index (χ3v) is 2.31. The van der Waals surface area contributed by atoms with Crippen LogP contribution in [0.4, 0.5) is 0 Å². The molecular weight excluding hydrogens is 204 g/mol. The van der Waals surface area contributed by atoms with Gasteiger partial charge in [0, 0.05) is 7.11 Å². The van der Waals surface area contributed by atoms with Crippen LogP contribution in [0.2, 0.25) is 0 Å². The Morgan fingerprint density at radius 3 is 2.56 bits per heavy atom. The molecule has 0 aliphatic rings. The fourth-order valence-electron chi connectivity index (χ4n) is 1.47. The van der Waals surface area contributed by atoms with Gasteiger partial charge in [0.05, 0.1) is 12.5 Å². The van der Waals surface area contributed by atoms with Gasteiger partial charge in [0.1, 0.15) is 5.75 Å². The van der Waals surface area contributed by atoms with Gasteiger partial charge >= 0.3 is 5.97 Å². The molecule has 0 aliphatic heterocycles. The first-order chi connectivity index (χ1) is 7.76. The van der Waals surface area contributed by atoms with Crippen LogP contribution in [0.25, 0.3) is 0 Å². The minimum absolute atomic E-state index is 0.0405. The van der Waals surface area contributed by atoms with Crippen LogP contribution >= 0.6 is 0 Å². The highest BCUT2D eigenvalue weighted by atomic mass is 16.5. The monoisotopic (exact) mass is 222 g/mol. The first-order valence-electron chi connectivity index (χ1n) is 5.54. The van der Waals surface area contributed by atoms with E-state index in [1.165, 1.54) is 0 Å². The van der Waals surface area contributed by atoms with Crippen LogP contribution in [-0.4, -0.2) is 19.2 Å². The van der Waals surface area contributed by atoms with E-state index in [2.05, 4.69) is 6.92 Å². The summed E-state index contributed by atoms with van der Waals surface area (Å²) in [5.74, 6) is 0.338. The molecule has 3 nitrogen and oxygen atoms in total. The van der Waals surface area contributed by atoms with Crippen LogP contribution in [0.15, 0.2) is 30.3 Å². The third kappa shape index (κ3) is 4.45. The predicted octanol–water partition coefficient (Wildman–Crippen LogP) is 2.80. The molecule has 16 heavy (non-hydrogen) atoms. The molecule has 1 rings (SSSR count). The molecule has 0 radical (unpaired) electrons. The van der Waals surface area contributed by atoms with Crippen LogP contribution in [0.1, 0.15) is 26.2 Å².